The van der Waals surface area contributed by atoms with E-state index in [1.165, 1.54) is 18.2 Å². The molecule has 1 aromatic rings. The Hall–Kier alpha value is -1.92. The number of hydrogen-bond donors (Lipinski definition) is 0. The van der Waals surface area contributed by atoms with E-state index in [1.54, 1.807) is 11.0 Å². The van der Waals surface area contributed by atoms with E-state index < -0.39 is 0 Å². The lowest BCUT2D eigenvalue weighted by Crippen LogP contribution is -2.44. The van der Waals surface area contributed by atoms with Gasteiger partial charge in [0.1, 0.15) is 4.32 Å². The fraction of sp³-hybridized carbons (Fsp3) is 0.409. The Kier molecular flexibility index (Phi) is 7.45. The zero-order chi connectivity index (χ0) is 19.9. The van der Waals surface area contributed by atoms with Crippen molar-refractivity contribution < 1.29 is 9.59 Å². The molecule has 0 saturated carbocycles. The Morgan fingerprint density at radius 3 is 2.82 bits per heavy atom. The van der Waals surface area contributed by atoms with Gasteiger partial charge in [0.05, 0.1) is 4.91 Å². The molecule has 2 aliphatic rings. The summed E-state index contributed by atoms with van der Waals surface area (Å²) in [6.07, 6.45) is 10.3. The van der Waals surface area contributed by atoms with Crippen LogP contribution < -0.4 is 0 Å². The van der Waals surface area contributed by atoms with Gasteiger partial charge in [-0.25, -0.2) is 0 Å². The maximum atomic E-state index is 12.7. The second-order valence-electron chi connectivity index (χ2n) is 7.02. The highest BCUT2D eigenvalue weighted by Crippen LogP contribution is 2.31. The summed E-state index contributed by atoms with van der Waals surface area (Å²) < 4.78 is 0.530. The maximum Gasteiger partial charge on any atom is 0.266 e. The summed E-state index contributed by atoms with van der Waals surface area (Å²) in [5, 5.41) is 0. The molecule has 6 heteroatoms. The molecule has 2 fully saturated rings. The molecule has 2 amide bonds. The topological polar surface area (TPSA) is 40.6 Å². The number of benzene rings is 1. The molecule has 0 N–H and O–H groups in total. The van der Waals surface area contributed by atoms with Gasteiger partial charge in [-0.15, -0.1) is 0 Å². The zero-order valence-electron chi connectivity index (χ0n) is 16.2. The predicted molar refractivity (Wildman–Crippen MR) is 120 cm³/mol. The van der Waals surface area contributed by atoms with Crippen LogP contribution in [-0.2, 0) is 9.59 Å². The number of likely N-dealkylation sites (tertiary alicyclic amines) is 1. The number of hydrogen-bond acceptors (Lipinski definition) is 4. The molecular weight excluding hydrogens is 388 g/mol. The van der Waals surface area contributed by atoms with E-state index in [-0.39, 0.29) is 11.8 Å². The molecule has 0 bridgehead atoms. The highest BCUT2D eigenvalue weighted by atomic mass is 32.2. The summed E-state index contributed by atoms with van der Waals surface area (Å²) in [4.78, 5) is 29.5. The summed E-state index contributed by atoms with van der Waals surface area (Å²) in [7, 11) is 0. The number of thioether (sulfide) groups is 1. The van der Waals surface area contributed by atoms with Gasteiger partial charge in [-0.3, -0.25) is 14.5 Å². The monoisotopic (exact) mass is 414 g/mol. The van der Waals surface area contributed by atoms with E-state index in [0.717, 1.165) is 31.4 Å². The second kappa shape index (κ2) is 10.0. The van der Waals surface area contributed by atoms with Crippen LogP contribution in [0.4, 0.5) is 0 Å². The molecular formula is C22H26N2O2S2. The number of thiocarbonyl (C=S) groups is 1. The Balaban J connectivity index is 1.57. The smallest absolute Gasteiger partial charge is 0.266 e. The van der Waals surface area contributed by atoms with Crippen molar-refractivity contribution in [3.63, 3.8) is 0 Å². The maximum absolute atomic E-state index is 12.7. The molecule has 0 spiro atoms. The predicted octanol–water partition coefficient (Wildman–Crippen LogP) is 4.63. The summed E-state index contributed by atoms with van der Waals surface area (Å²) in [5.74, 6) is 0.0275. The third-order valence-corrected chi connectivity index (χ3v) is 6.57. The summed E-state index contributed by atoms with van der Waals surface area (Å²) >= 11 is 6.67. The van der Waals surface area contributed by atoms with Gasteiger partial charge >= 0.3 is 0 Å². The zero-order valence-corrected chi connectivity index (χ0v) is 17.8. The average molecular weight is 415 g/mol. The van der Waals surface area contributed by atoms with Crippen LogP contribution in [0.2, 0.25) is 0 Å². The normalized spacial score (nSPS) is 21.9. The van der Waals surface area contributed by atoms with E-state index in [2.05, 4.69) is 6.92 Å². The largest absolute Gasteiger partial charge is 0.340 e. The average Bonchev–Trinajstić information content (AvgIpc) is 2.99. The lowest BCUT2D eigenvalue weighted by atomic mass is 9.99. The molecule has 0 aliphatic carbocycles. The van der Waals surface area contributed by atoms with Crippen LogP contribution in [0.3, 0.4) is 0 Å². The molecule has 148 valence electrons. The van der Waals surface area contributed by atoms with Crippen molar-refractivity contribution in [3.8, 4) is 0 Å². The van der Waals surface area contributed by atoms with Crippen molar-refractivity contribution in [2.75, 3.05) is 13.1 Å². The molecule has 3 rings (SSSR count). The first kappa shape index (κ1) is 20.8. The number of allylic oxidation sites excluding steroid dienone is 2. The molecule has 0 unspecified atom stereocenters. The van der Waals surface area contributed by atoms with Gasteiger partial charge in [-0.2, -0.15) is 0 Å². The molecule has 2 heterocycles. The van der Waals surface area contributed by atoms with E-state index in [0.29, 0.717) is 28.2 Å². The summed E-state index contributed by atoms with van der Waals surface area (Å²) in [6, 6.07) is 10.3. The third kappa shape index (κ3) is 5.11. The number of carbonyl (C=O) groups is 2. The van der Waals surface area contributed by atoms with Crippen molar-refractivity contribution in [1.29, 1.82) is 0 Å². The summed E-state index contributed by atoms with van der Waals surface area (Å²) in [5.41, 5.74) is 1.08. The van der Waals surface area contributed by atoms with Gasteiger partial charge < -0.3 is 4.90 Å². The van der Waals surface area contributed by atoms with E-state index in [4.69, 9.17) is 12.2 Å². The van der Waals surface area contributed by atoms with E-state index in [1.807, 2.05) is 47.4 Å². The summed E-state index contributed by atoms with van der Waals surface area (Å²) in [6.45, 7) is 3.32. The Bertz CT molecular complexity index is 789. The number of amides is 2. The first-order valence-electron chi connectivity index (χ1n) is 9.86. The van der Waals surface area contributed by atoms with Gasteiger partial charge in [-0.1, -0.05) is 73.4 Å². The second-order valence-corrected chi connectivity index (χ2v) is 8.70. The van der Waals surface area contributed by atoms with Crippen molar-refractivity contribution in [3.05, 3.63) is 53.0 Å². The van der Waals surface area contributed by atoms with Crippen LogP contribution in [-0.4, -0.2) is 45.1 Å². The first-order valence-corrected chi connectivity index (χ1v) is 11.1. The van der Waals surface area contributed by atoms with Crippen molar-refractivity contribution in [2.45, 2.75) is 45.1 Å². The standard InChI is InChI=1S/C22H26N2O2S2/c1-2-18-12-6-7-15-23(18)20(25)14-16-24-21(26)19(28-22(24)27)13-8-11-17-9-4-3-5-10-17/h3-5,8-11,13,18H,2,6-7,12,14-16H2,1H3/b11-8+,19-13-/t18-/m1/s1. The van der Waals surface area contributed by atoms with Crippen molar-refractivity contribution in [2.24, 2.45) is 0 Å². The SMILES string of the molecule is CC[C@@H]1CCCCN1C(=O)CCN1C(=O)/C(=C/C=C/c2ccccc2)SC1=S. The van der Waals surface area contributed by atoms with Crippen LogP contribution >= 0.6 is 24.0 Å². The Morgan fingerprint density at radius 2 is 2.07 bits per heavy atom. The Labute approximate surface area is 176 Å². The van der Waals surface area contributed by atoms with Crippen molar-refractivity contribution in [1.82, 2.24) is 9.80 Å². The van der Waals surface area contributed by atoms with Gasteiger partial charge in [0.25, 0.3) is 5.91 Å². The fourth-order valence-electron chi connectivity index (χ4n) is 3.62. The molecule has 28 heavy (non-hydrogen) atoms. The van der Waals surface area contributed by atoms with Crippen LogP contribution in [0.15, 0.2) is 47.4 Å². The third-order valence-electron chi connectivity index (χ3n) is 5.18. The first-order chi connectivity index (χ1) is 13.6. The molecule has 0 radical (unpaired) electrons. The molecule has 1 atom stereocenters. The highest BCUT2D eigenvalue weighted by Gasteiger charge is 2.33. The highest BCUT2D eigenvalue weighted by molar-refractivity contribution is 8.26. The van der Waals surface area contributed by atoms with Crippen molar-refractivity contribution >= 4 is 46.2 Å². The van der Waals surface area contributed by atoms with Crippen LogP contribution in [0.25, 0.3) is 6.08 Å². The van der Waals surface area contributed by atoms with Crippen LogP contribution in [0.1, 0.15) is 44.6 Å². The lowest BCUT2D eigenvalue weighted by Gasteiger charge is -2.35. The van der Waals surface area contributed by atoms with E-state index in [9.17, 15) is 9.59 Å². The van der Waals surface area contributed by atoms with Gasteiger partial charge in [0.2, 0.25) is 5.91 Å². The molecule has 1 aromatic carbocycles. The quantitative estimate of drug-likeness (QED) is 0.503. The number of carbonyl (C=O) groups excluding carboxylic acids is 2. The molecule has 2 saturated heterocycles. The number of rotatable bonds is 6. The number of piperidine rings is 1. The number of nitrogens with zero attached hydrogens (tertiary/aromatic N) is 2. The minimum atomic E-state index is -0.105. The van der Waals surface area contributed by atoms with Crippen LogP contribution in [0, 0.1) is 0 Å². The molecule has 4 nitrogen and oxygen atoms in total. The van der Waals surface area contributed by atoms with Gasteiger partial charge in [-0.05, 0) is 37.3 Å². The minimum absolute atomic E-state index is 0.105. The fourth-order valence-corrected chi connectivity index (χ4v) is 4.88. The van der Waals surface area contributed by atoms with Crippen LogP contribution in [0.5, 0.6) is 0 Å². The Morgan fingerprint density at radius 1 is 1.29 bits per heavy atom. The minimum Gasteiger partial charge on any atom is -0.340 e. The molecule has 2 aliphatic heterocycles. The molecule has 0 aromatic heterocycles. The van der Waals surface area contributed by atoms with E-state index >= 15 is 0 Å². The lowest BCUT2D eigenvalue weighted by molar-refractivity contribution is -0.135. The van der Waals surface area contributed by atoms with Gasteiger partial charge in [0, 0.05) is 25.6 Å². The van der Waals surface area contributed by atoms with Gasteiger partial charge in [0.15, 0.2) is 0 Å².